The van der Waals surface area contributed by atoms with E-state index in [1.165, 1.54) is 0 Å². The molecule has 0 bridgehead atoms. The molecule has 0 aromatic heterocycles. The topological polar surface area (TPSA) is 70.8 Å². The Bertz CT molecular complexity index is 395. The van der Waals surface area contributed by atoms with Crippen molar-refractivity contribution in [3.8, 4) is 0 Å². The summed E-state index contributed by atoms with van der Waals surface area (Å²) in [5, 5.41) is 0. The highest BCUT2D eigenvalue weighted by Gasteiger charge is 2.07. The molecule has 1 aromatic carbocycles. The van der Waals surface area contributed by atoms with Crippen LogP contribution >= 0.6 is 0 Å². The van der Waals surface area contributed by atoms with Crippen molar-refractivity contribution in [1.82, 2.24) is 0 Å². The summed E-state index contributed by atoms with van der Waals surface area (Å²) < 4.78 is 15.3. The number of rotatable bonds is 10. The summed E-state index contributed by atoms with van der Waals surface area (Å²) in [6.07, 6.45) is 0.950. The van der Waals surface area contributed by atoms with Gasteiger partial charge in [0.15, 0.2) is 0 Å². The molecule has 112 valence electrons. The molecule has 0 saturated carbocycles. The number of hydrogen-bond donors (Lipinski definition) is 1. The van der Waals surface area contributed by atoms with E-state index in [1.54, 1.807) is 7.11 Å². The Morgan fingerprint density at radius 3 is 2.55 bits per heavy atom. The summed E-state index contributed by atoms with van der Waals surface area (Å²) in [6.45, 7) is 2.51. The fourth-order valence-corrected chi connectivity index (χ4v) is 1.73. The molecule has 0 fully saturated rings. The van der Waals surface area contributed by atoms with Gasteiger partial charge in [0.2, 0.25) is 0 Å². The third-order valence-corrected chi connectivity index (χ3v) is 2.80. The fraction of sp³-hybridized carbons (Fsp3) is 0.533. The number of carbonyl (C=O) groups is 1. The van der Waals surface area contributed by atoms with Gasteiger partial charge in [-0.05, 0) is 11.1 Å². The van der Waals surface area contributed by atoms with E-state index in [9.17, 15) is 4.79 Å². The Hall–Kier alpha value is -1.43. The lowest BCUT2D eigenvalue weighted by Crippen LogP contribution is -2.13. The van der Waals surface area contributed by atoms with Crippen LogP contribution in [0.15, 0.2) is 24.3 Å². The lowest BCUT2D eigenvalue weighted by atomic mass is 10.1. The molecule has 2 N–H and O–H groups in total. The zero-order valence-corrected chi connectivity index (χ0v) is 12.0. The highest BCUT2D eigenvalue weighted by molar-refractivity contribution is 5.73. The summed E-state index contributed by atoms with van der Waals surface area (Å²) in [5.41, 5.74) is 7.53. The third kappa shape index (κ3) is 6.65. The van der Waals surface area contributed by atoms with Gasteiger partial charge in [-0.2, -0.15) is 0 Å². The van der Waals surface area contributed by atoms with Crippen LogP contribution in [-0.2, 0) is 32.0 Å². The van der Waals surface area contributed by atoms with Gasteiger partial charge in [0.1, 0.15) is 0 Å². The lowest BCUT2D eigenvalue weighted by molar-refractivity contribution is -0.143. The first kappa shape index (κ1) is 16.6. The quantitative estimate of drug-likeness (QED) is 0.517. The van der Waals surface area contributed by atoms with E-state index in [0.717, 1.165) is 11.1 Å². The van der Waals surface area contributed by atoms with Crippen LogP contribution in [0.3, 0.4) is 0 Å². The predicted octanol–water partition coefficient (Wildman–Crippen LogP) is 1.28. The van der Waals surface area contributed by atoms with Gasteiger partial charge in [0, 0.05) is 26.7 Å². The highest BCUT2D eigenvalue weighted by Crippen LogP contribution is 2.09. The second-order valence-corrected chi connectivity index (χ2v) is 4.33. The zero-order valence-electron chi connectivity index (χ0n) is 12.0. The standard InChI is InChI=1S/C15H23NO4/c1-18-9-10-19-7-4-8-20-15(17)11-13-5-2-3-6-14(13)12-16/h2-3,5-6H,4,7-12,16H2,1H3. The van der Waals surface area contributed by atoms with E-state index in [0.29, 0.717) is 39.4 Å². The largest absolute Gasteiger partial charge is 0.465 e. The summed E-state index contributed by atoms with van der Waals surface area (Å²) in [4.78, 5) is 11.7. The van der Waals surface area contributed by atoms with Gasteiger partial charge in [-0.3, -0.25) is 4.79 Å². The Balaban J connectivity index is 2.17. The van der Waals surface area contributed by atoms with E-state index < -0.39 is 0 Å². The smallest absolute Gasteiger partial charge is 0.310 e. The van der Waals surface area contributed by atoms with Crippen molar-refractivity contribution in [3.05, 3.63) is 35.4 Å². The van der Waals surface area contributed by atoms with Crippen molar-refractivity contribution < 1.29 is 19.0 Å². The van der Waals surface area contributed by atoms with Crippen molar-refractivity contribution in [2.45, 2.75) is 19.4 Å². The molecule has 0 atom stereocenters. The fourth-order valence-electron chi connectivity index (χ4n) is 1.73. The first-order valence-corrected chi connectivity index (χ1v) is 6.77. The molecule has 0 radical (unpaired) electrons. The number of carbonyl (C=O) groups excluding carboxylic acids is 1. The molecule has 5 nitrogen and oxygen atoms in total. The minimum absolute atomic E-state index is 0.234. The SMILES string of the molecule is COCCOCCCOC(=O)Cc1ccccc1CN. The number of methoxy groups -OCH3 is 1. The molecular weight excluding hydrogens is 258 g/mol. The third-order valence-electron chi connectivity index (χ3n) is 2.80. The van der Waals surface area contributed by atoms with E-state index >= 15 is 0 Å². The number of esters is 1. The summed E-state index contributed by atoms with van der Waals surface area (Å²) in [5.74, 6) is -0.234. The van der Waals surface area contributed by atoms with Gasteiger partial charge in [-0.15, -0.1) is 0 Å². The second kappa shape index (κ2) is 10.4. The first-order chi connectivity index (χ1) is 9.77. The molecule has 0 aliphatic rings. The molecule has 0 aliphatic carbocycles. The van der Waals surface area contributed by atoms with E-state index in [-0.39, 0.29) is 12.4 Å². The molecule has 0 unspecified atom stereocenters. The molecule has 0 saturated heterocycles. The molecule has 1 rings (SSSR count). The lowest BCUT2D eigenvalue weighted by Gasteiger charge is -2.08. The summed E-state index contributed by atoms with van der Waals surface area (Å²) >= 11 is 0. The average Bonchev–Trinajstić information content (AvgIpc) is 2.47. The minimum atomic E-state index is -0.234. The summed E-state index contributed by atoms with van der Waals surface area (Å²) in [6, 6.07) is 7.63. The monoisotopic (exact) mass is 281 g/mol. The molecule has 0 spiro atoms. The van der Waals surface area contributed by atoms with Crippen LogP contribution in [0.1, 0.15) is 17.5 Å². The van der Waals surface area contributed by atoms with E-state index in [2.05, 4.69) is 0 Å². The van der Waals surface area contributed by atoms with Gasteiger partial charge in [0.25, 0.3) is 0 Å². The van der Waals surface area contributed by atoms with Crippen LogP contribution in [0.4, 0.5) is 0 Å². The van der Waals surface area contributed by atoms with Crippen LogP contribution in [0.25, 0.3) is 0 Å². The Morgan fingerprint density at radius 2 is 1.85 bits per heavy atom. The van der Waals surface area contributed by atoms with Crippen molar-refractivity contribution in [3.63, 3.8) is 0 Å². The van der Waals surface area contributed by atoms with E-state index in [1.807, 2.05) is 24.3 Å². The van der Waals surface area contributed by atoms with Crippen molar-refractivity contribution in [2.75, 3.05) is 33.5 Å². The average molecular weight is 281 g/mol. The number of nitrogens with two attached hydrogens (primary N) is 1. The molecule has 1 aromatic rings. The van der Waals surface area contributed by atoms with Crippen LogP contribution in [0.2, 0.25) is 0 Å². The maximum Gasteiger partial charge on any atom is 0.310 e. The van der Waals surface area contributed by atoms with Crippen LogP contribution < -0.4 is 5.73 Å². The molecule has 20 heavy (non-hydrogen) atoms. The van der Waals surface area contributed by atoms with Crippen LogP contribution in [-0.4, -0.2) is 39.5 Å². The number of ether oxygens (including phenoxy) is 3. The van der Waals surface area contributed by atoms with Crippen molar-refractivity contribution in [1.29, 1.82) is 0 Å². The van der Waals surface area contributed by atoms with Gasteiger partial charge in [0.05, 0.1) is 26.2 Å². The zero-order chi connectivity index (χ0) is 14.6. The number of benzene rings is 1. The minimum Gasteiger partial charge on any atom is -0.465 e. The highest BCUT2D eigenvalue weighted by atomic mass is 16.5. The molecule has 0 amide bonds. The van der Waals surface area contributed by atoms with Crippen molar-refractivity contribution >= 4 is 5.97 Å². The normalized spacial score (nSPS) is 10.5. The van der Waals surface area contributed by atoms with Gasteiger partial charge >= 0.3 is 5.97 Å². The van der Waals surface area contributed by atoms with Gasteiger partial charge in [-0.25, -0.2) is 0 Å². The van der Waals surface area contributed by atoms with E-state index in [4.69, 9.17) is 19.9 Å². The van der Waals surface area contributed by atoms with Crippen LogP contribution in [0, 0.1) is 0 Å². The molecule has 0 aliphatic heterocycles. The molecular formula is C15H23NO4. The van der Waals surface area contributed by atoms with Gasteiger partial charge in [-0.1, -0.05) is 24.3 Å². The van der Waals surface area contributed by atoms with Crippen molar-refractivity contribution in [2.24, 2.45) is 5.73 Å². The molecule has 5 heteroatoms. The Labute approximate surface area is 120 Å². The first-order valence-electron chi connectivity index (χ1n) is 6.77. The second-order valence-electron chi connectivity index (χ2n) is 4.33. The Kier molecular flexibility index (Phi) is 8.62. The maximum atomic E-state index is 11.7. The predicted molar refractivity (Wildman–Crippen MR) is 76.3 cm³/mol. The maximum absolute atomic E-state index is 11.7. The number of hydrogen-bond acceptors (Lipinski definition) is 5. The Morgan fingerprint density at radius 1 is 1.10 bits per heavy atom. The van der Waals surface area contributed by atoms with Gasteiger partial charge < -0.3 is 19.9 Å². The summed E-state index contributed by atoms with van der Waals surface area (Å²) in [7, 11) is 1.63. The molecule has 0 heterocycles. The van der Waals surface area contributed by atoms with Crippen LogP contribution in [0.5, 0.6) is 0 Å².